The van der Waals surface area contributed by atoms with E-state index in [1.165, 1.54) is 37.3 Å². The zero-order chi connectivity index (χ0) is 15.3. The maximum Gasteiger partial charge on any atom is 0.0871 e. The van der Waals surface area contributed by atoms with Crippen LogP contribution in [0.2, 0.25) is 18.6 Å². The van der Waals surface area contributed by atoms with Crippen LogP contribution in [-0.2, 0) is 0 Å². The first-order valence-corrected chi connectivity index (χ1v) is 11.5. The first-order chi connectivity index (χ1) is 10.0. The van der Waals surface area contributed by atoms with Crippen LogP contribution in [0.3, 0.4) is 0 Å². The SMILES string of the molecule is C[C@@H](/C=C\[C@@H](O)C1CCCCC1)[Si](C)(C)c1ccccc1. The Morgan fingerprint density at radius 1 is 1.05 bits per heavy atom. The second-order valence-electron chi connectivity index (χ2n) is 7.15. The van der Waals surface area contributed by atoms with Crippen LogP contribution in [0, 0.1) is 5.92 Å². The molecule has 1 saturated carbocycles. The summed E-state index contributed by atoms with van der Waals surface area (Å²) < 4.78 is 0. The lowest BCUT2D eigenvalue weighted by Gasteiger charge is -2.29. The van der Waals surface area contributed by atoms with E-state index in [2.05, 4.69) is 62.5 Å². The first-order valence-electron chi connectivity index (χ1n) is 8.43. The molecule has 0 aromatic heterocycles. The molecule has 0 saturated heterocycles. The number of hydrogen-bond acceptors (Lipinski definition) is 1. The topological polar surface area (TPSA) is 20.2 Å². The van der Waals surface area contributed by atoms with Crippen LogP contribution >= 0.6 is 0 Å². The summed E-state index contributed by atoms with van der Waals surface area (Å²) in [5.41, 5.74) is 0.540. The summed E-state index contributed by atoms with van der Waals surface area (Å²) in [6, 6.07) is 10.9. The average Bonchev–Trinajstić information content (AvgIpc) is 2.53. The monoisotopic (exact) mass is 302 g/mol. The van der Waals surface area contributed by atoms with Crippen molar-refractivity contribution in [2.24, 2.45) is 5.92 Å². The molecule has 1 aliphatic rings. The van der Waals surface area contributed by atoms with Gasteiger partial charge >= 0.3 is 0 Å². The zero-order valence-corrected chi connectivity index (χ0v) is 14.8. The summed E-state index contributed by atoms with van der Waals surface area (Å²) in [5.74, 6) is 0.490. The van der Waals surface area contributed by atoms with Crippen LogP contribution in [0.25, 0.3) is 0 Å². The molecule has 116 valence electrons. The quantitative estimate of drug-likeness (QED) is 0.627. The summed E-state index contributed by atoms with van der Waals surface area (Å²) in [7, 11) is -1.50. The second-order valence-corrected chi connectivity index (χ2v) is 12.1. The lowest BCUT2D eigenvalue weighted by molar-refractivity contribution is 0.125. The fraction of sp³-hybridized carbons (Fsp3) is 0.579. The van der Waals surface area contributed by atoms with Crippen molar-refractivity contribution in [1.82, 2.24) is 0 Å². The summed E-state index contributed by atoms with van der Waals surface area (Å²) in [6.45, 7) is 7.15. The van der Waals surface area contributed by atoms with Gasteiger partial charge in [0.2, 0.25) is 0 Å². The molecule has 0 spiro atoms. The number of aliphatic hydroxyl groups excluding tert-OH is 1. The predicted molar refractivity (Wildman–Crippen MR) is 94.7 cm³/mol. The molecule has 0 heterocycles. The number of allylic oxidation sites excluding steroid dienone is 1. The van der Waals surface area contributed by atoms with Crippen LogP contribution < -0.4 is 5.19 Å². The Kier molecular flexibility index (Phi) is 5.83. The van der Waals surface area contributed by atoms with Gasteiger partial charge in [0.15, 0.2) is 0 Å². The van der Waals surface area contributed by atoms with Crippen molar-refractivity contribution < 1.29 is 5.11 Å². The van der Waals surface area contributed by atoms with E-state index < -0.39 is 8.07 Å². The highest BCUT2D eigenvalue weighted by Gasteiger charge is 2.29. The lowest BCUT2D eigenvalue weighted by atomic mass is 9.85. The molecule has 0 bridgehead atoms. The van der Waals surface area contributed by atoms with Gasteiger partial charge in [-0.2, -0.15) is 0 Å². The molecule has 1 nitrogen and oxygen atoms in total. The molecule has 0 radical (unpaired) electrons. The normalized spacial score (nSPS) is 20.6. The fourth-order valence-corrected chi connectivity index (χ4v) is 5.45. The van der Waals surface area contributed by atoms with E-state index in [0.29, 0.717) is 11.5 Å². The van der Waals surface area contributed by atoms with Crippen molar-refractivity contribution in [3.63, 3.8) is 0 Å². The molecule has 1 aromatic carbocycles. The van der Waals surface area contributed by atoms with Gasteiger partial charge < -0.3 is 5.11 Å². The average molecular weight is 303 g/mol. The third-order valence-corrected chi connectivity index (χ3v) is 9.68. The van der Waals surface area contributed by atoms with E-state index >= 15 is 0 Å². The number of rotatable bonds is 5. The van der Waals surface area contributed by atoms with E-state index in [-0.39, 0.29) is 6.10 Å². The summed E-state index contributed by atoms with van der Waals surface area (Å²) in [4.78, 5) is 0. The van der Waals surface area contributed by atoms with Crippen molar-refractivity contribution in [1.29, 1.82) is 0 Å². The molecule has 1 aliphatic carbocycles. The van der Waals surface area contributed by atoms with Crippen molar-refractivity contribution in [2.75, 3.05) is 0 Å². The standard InChI is InChI=1S/C19H30OSi/c1-16(21(2,3)18-12-8-5-9-13-18)14-15-19(20)17-10-6-4-7-11-17/h5,8-9,12-17,19-20H,4,6-7,10-11H2,1-3H3/b15-14-/t16-,19+/m0/s1. The molecule has 0 amide bonds. The summed E-state index contributed by atoms with van der Waals surface area (Å²) in [6.07, 6.45) is 10.4. The van der Waals surface area contributed by atoms with Gasteiger partial charge in [-0.25, -0.2) is 0 Å². The Morgan fingerprint density at radius 2 is 1.67 bits per heavy atom. The molecule has 1 N–H and O–H groups in total. The lowest BCUT2D eigenvalue weighted by Crippen LogP contribution is -2.44. The molecule has 21 heavy (non-hydrogen) atoms. The molecule has 2 atom stereocenters. The molecular formula is C19H30OSi. The number of hydrogen-bond donors (Lipinski definition) is 1. The van der Waals surface area contributed by atoms with E-state index in [1.807, 2.05) is 0 Å². The predicted octanol–water partition coefficient (Wildman–Crippen LogP) is 4.49. The molecule has 1 fully saturated rings. The van der Waals surface area contributed by atoms with Crippen LogP contribution in [-0.4, -0.2) is 19.3 Å². The molecule has 0 aliphatic heterocycles. The minimum absolute atomic E-state index is 0.242. The molecule has 2 heteroatoms. The number of aliphatic hydroxyl groups is 1. The Balaban J connectivity index is 1.99. The summed E-state index contributed by atoms with van der Waals surface area (Å²) >= 11 is 0. The van der Waals surface area contributed by atoms with Gasteiger partial charge in [-0.1, -0.05) is 87.0 Å². The minimum atomic E-state index is -1.50. The van der Waals surface area contributed by atoms with Gasteiger partial charge in [-0.15, -0.1) is 0 Å². The van der Waals surface area contributed by atoms with Crippen LogP contribution in [0.4, 0.5) is 0 Å². The highest BCUT2D eigenvalue weighted by atomic mass is 28.3. The molecule has 2 rings (SSSR count). The smallest absolute Gasteiger partial charge is 0.0871 e. The molecular weight excluding hydrogens is 272 g/mol. The Labute approximate surface area is 131 Å². The van der Waals surface area contributed by atoms with Crippen molar-refractivity contribution >= 4 is 13.3 Å². The van der Waals surface area contributed by atoms with Gasteiger partial charge in [0.1, 0.15) is 0 Å². The van der Waals surface area contributed by atoms with E-state index in [4.69, 9.17) is 0 Å². The van der Waals surface area contributed by atoms with E-state index in [9.17, 15) is 5.11 Å². The molecule has 0 unspecified atom stereocenters. The first kappa shape index (κ1) is 16.5. The van der Waals surface area contributed by atoms with Gasteiger partial charge in [-0.05, 0) is 24.3 Å². The molecule has 1 aromatic rings. The maximum atomic E-state index is 10.4. The highest BCUT2D eigenvalue weighted by Crippen LogP contribution is 2.28. The van der Waals surface area contributed by atoms with Gasteiger partial charge in [0.05, 0.1) is 14.2 Å². The second kappa shape index (κ2) is 7.41. The Morgan fingerprint density at radius 3 is 2.29 bits per heavy atom. The zero-order valence-electron chi connectivity index (χ0n) is 13.8. The van der Waals surface area contributed by atoms with Crippen molar-refractivity contribution in [3.8, 4) is 0 Å². The number of benzene rings is 1. The van der Waals surface area contributed by atoms with Crippen molar-refractivity contribution in [3.05, 3.63) is 42.5 Å². The third-order valence-electron chi connectivity index (χ3n) is 5.39. The minimum Gasteiger partial charge on any atom is -0.389 e. The van der Waals surface area contributed by atoms with Crippen molar-refractivity contribution in [2.45, 2.75) is 63.8 Å². The summed E-state index contributed by atoms with van der Waals surface area (Å²) in [5, 5.41) is 11.9. The van der Waals surface area contributed by atoms with E-state index in [0.717, 1.165) is 0 Å². The Bertz CT molecular complexity index is 446. The van der Waals surface area contributed by atoms with Crippen LogP contribution in [0.1, 0.15) is 39.0 Å². The largest absolute Gasteiger partial charge is 0.389 e. The highest BCUT2D eigenvalue weighted by molar-refractivity contribution is 6.91. The Hall–Kier alpha value is -0.863. The van der Waals surface area contributed by atoms with Gasteiger partial charge in [0, 0.05) is 0 Å². The van der Waals surface area contributed by atoms with Crippen LogP contribution in [0.15, 0.2) is 42.5 Å². The van der Waals surface area contributed by atoms with Crippen LogP contribution in [0.5, 0.6) is 0 Å². The third kappa shape index (κ3) is 4.30. The maximum absolute atomic E-state index is 10.4. The van der Waals surface area contributed by atoms with Gasteiger partial charge in [0.25, 0.3) is 0 Å². The fourth-order valence-electron chi connectivity index (χ4n) is 3.28. The van der Waals surface area contributed by atoms with E-state index in [1.54, 1.807) is 0 Å². The van der Waals surface area contributed by atoms with Gasteiger partial charge in [-0.3, -0.25) is 0 Å².